The smallest absolute Gasteiger partial charge is 0.205 e. The maximum atomic E-state index is 12.7. The second-order valence-electron chi connectivity index (χ2n) is 7.08. The zero-order valence-electron chi connectivity index (χ0n) is 15.2. The third-order valence-corrected chi connectivity index (χ3v) is 9.21. The number of sulfone groups is 2. The minimum Gasteiger partial charge on any atom is -0.356 e. The largest absolute Gasteiger partial charge is 0.356 e. The molecule has 2 aliphatic rings. The molecule has 8 heteroatoms. The van der Waals surface area contributed by atoms with E-state index in [-0.39, 0.29) is 9.79 Å². The zero-order valence-corrected chi connectivity index (χ0v) is 16.8. The highest BCUT2D eigenvalue weighted by molar-refractivity contribution is 7.92. The zero-order chi connectivity index (χ0) is 19.8. The number of rotatable bonds is 5. The lowest BCUT2D eigenvalue weighted by Crippen LogP contribution is -2.30. The van der Waals surface area contributed by atoms with Gasteiger partial charge in [0.15, 0.2) is 10.9 Å². The second-order valence-corrected chi connectivity index (χ2v) is 11.3. The molecule has 2 heterocycles. The first-order valence-corrected chi connectivity index (χ1v) is 12.4. The fourth-order valence-corrected chi connectivity index (χ4v) is 6.94. The molecular formula is C20H22O6S2. The van der Waals surface area contributed by atoms with Crippen LogP contribution in [0.15, 0.2) is 70.5 Å². The highest BCUT2D eigenvalue weighted by Gasteiger charge is 2.44. The first-order valence-electron chi connectivity index (χ1n) is 9.28. The molecule has 2 saturated heterocycles. The fraction of sp³-hybridized carbons (Fsp3) is 0.400. The number of hydrogen-bond donors (Lipinski definition) is 0. The molecule has 0 saturated carbocycles. The molecule has 0 aromatic heterocycles. The van der Waals surface area contributed by atoms with E-state index in [1.54, 1.807) is 60.7 Å². The molecule has 2 aromatic carbocycles. The average molecular weight is 423 g/mol. The van der Waals surface area contributed by atoms with Crippen molar-refractivity contribution in [3.05, 3.63) is 60.7 Å². The van der Waals surface area contributed by atoms with Crippen molar-refractivity contribution in [1.29, 1.82) is 0 Å². The maximum absolute atomic E-state index is 12.7. The Hall–Kier alpha value is -1.74. The normalized spacial score (nSPS) is 28.4. The summed E-state index contributed by atoms with van der Waals surface area (Å²) in [6.45, 7) is 0. The fourth-order valence-electron chi connectivity index (χ4n) is 3.79. The van der Waals surface area contributed by atoms with Gasteiger partial charge in [0.2, 0.25) is 19.7 Å². The monoisotopic (exact) mass is 422 g/mol. The molecule has 150 valence electrons. The summed E-state index contributed by atoms with van der Waals surface area (Å²) < 4.78 is 62.6. The van der Waals surface area contributed by atoms with Gasteiger partial charge in [-0.15, -0.1) is 0 Å². The van der Waals surface area contributed by atoms with Gasteiger partial charge in [0, 0.05) is 0 Å². The molecule has 2 aromatic rings. The third-order valence-electron chi connectivity index (χ3n) is 5.28. The van der Waals surface area contributed by atoms with Crippen LogP contribution in [-0.2, 0) is 29.1 Å². The summed E-state index contributed by atoms with van der Waals surface area (Å²) in [5.41, 5.74) is -1.85. The molecule has 2 aliphatic heterocycles. The average Bonchev–Trinajstić information content (AvgIpc) is 3.39. The Morgan fingerprint density at radius 2 is 0.929 bits per heavy atom. The van der Waals surface area contributed by atoms with Crippen LogP contribution >= 0.6 is 0 Å². The van der Waals surface area contributed by atoms with Crippen molar-refractivity contribution in [2.75, 3.05) is 0 Å². The van der Waals surface area contributed by atoms with E-state index in [9.17, 15) is 16.8 Å². The molecule has 0 radical (unpaired) electrons. The maximum Gasteiger partial charge on any atom is 0.205 e. The van der Waals surface area contributed by atoms with Gasteiger partial charge in [-0.05, 0) is 49.9 Å². The van der Waals surface area contributed by atoms with E-state index >= 15 is 0 Å². The Balaban J connectivity index is 1.44. The molecule has 2 fully saturated rings. The van der Waals surface area contributed by atoms with E-state index in [4.69, 9.17) is 9.47 Å². The van der Waals surface area contributed by atoms with Gasteiger partial charge < -0.3 is 9.47 Å². The van der Waals surface area contributed by atoms with Crippen LogP contribution in [0.2, 0.25) is 0 Å². The van der Waals surface area contributed by atoms with E-state index in [0.29, 0.717) is 25.7 Å². The van der Waals surface area contributed by atoms with Crippen molar-refractivity contribution in [3.8, 4) is 0 Å². The standard InChI is InChI=1S/C20H22O6S2/c21-27(22,15-7-3-1-4-8-15)19-13-11-17(25-19)18-12-14-20(26-18)28(23,24)16-9-5-2-6-10-16/h1-10,17-20H,11-14H2/t17-,18-,19?,20?/m1/s1. The van der Waals surface area contributed by atoms with Crippen LogP contribution in [0.25, 0.3) is 0 Å². The molecule has 0 spiro atoms. The molecule has 4 atom stereocenters. The Morgan fingerprint density at radius 1 is 0.571 bits per heavy atom. The molecule has 0 aliphatic carbocycles. The van der Waals surface area contributed by atoms with Gasteiger partial charge in [-0.1, -0.05) is 36.4 Å². The Morgan fingerprint density at radius 3 is 1.29 bits per heavy atom. The summed E-state index contributed by atoms with van der Waals surface area (Å²) in [5.74, 6) is 0. The van der Waals surface area contributed by atoms with E-state index in [1.165, 1.54) is 0 Å². The van der Waals surface area contributed by atoms with Crippen molar-refractivity contribution in [3.63, 3.8) is 0 Å². The molecule has 4 rings (SSSR count). The van der Waals surface area contributed by atoms with Crippen molar-refractivity contribution in [2.24, 2.45) is 0 Å². The summed E-state index contributed by atoms with van der Waals surface area (Å²) in [4.78, 5) is 0.468. The van der Waals surface area contributed by atoms with E-state index in [2.05, 4.69) is 0 Å². The van der Waals surface area contributed by atoms with Gasteiger partial charge >= 0.3 is 0 Å². The minimum atomic E-state index is -3.58. The van der Waals surface area contributed by atoms with E-state index in [0.717, 1.165) is 0 Å². The van der Waals surface area contributed by atoms with Crippen LogP contribution in [0.1, 0.15) is 25.7 Å². The first kappa shape index (κ1) is 19.6. The lowest BCUT2D eigenvalue weighted by molar-refractivity contribution is -0.0345. The van der Waals surface area contributed by atoms with Gasteiger partial charge in [0.1, 0.15) is 0 Å². The van der Waals surface area contributed by atoms with Crippen LogP contribution in [0.5, 0.6) is 0 Å². The summed E-state index contributed by atoms with van der Waals surface area (Å²) in [6.07, 6.45) is 0.966. The number of hydrogen-bond acceptors (Lipinski definition) is 6. The summed E-state index contributed by atoms with van der Waals surface area (Å²) in [7, 11) is -7.16. The Bertz CT molecular complexity index is 933. The number of ether oxygens (including phenoxy) is 2. The Kier molecular flexibility index (Phi) is 5.30. The van der Waals surface area contributed by atoms with Gasteiger partial charge in [-0.25, -0.2) is 16.8 Å². The second kappa shape index (κ2) is 7.59. The van der Waals surface area contributed by atoms with Gasteiger partial charge in [0.25, 0.3) is 0 Å². The lowest BCUT2D eigenvalue weighted by Gasteiger charge is -2.20. The molecule has 0 amide bonds. The molecule has 6 nitrogen and oxygen atoms in total. The summed E-state index contributed by atoms with van der Waals surface area (Å²) >= 11 is 0. The lowest BCUT2D eigenvalue weighted by atomic mass is 10.1. The topological polar surface area (TPSA) is 86.7 Å². The molecule has 2 unspecified atom stereocenters. The third kappa shape index (κ3) is 3.61. The number of benzene rings is 2. The van der Waals surface area contributed by atoms with Crippen LogP contribution in [0.3, 0.4) is 0 Å². The van der Waals surface area contributed by atoms with Crippen LogP contribution in [-0.4, -0.2) is 39.9 Å². The predicted molar refractivity (Wildman–Crippen MR) is 103 cm³/mol. The van der Waals surface area contributed by atoms with Gasteiger partial charge in [0.05, 0.1) is 22.0 Å². The van der Waals surface area contributed by atoms with Crippen molar-refractivity contribution in [1.82, 2.24) is 0 Å². The first-order chi connectivity index (χ1) is 13.4. The molecule has 0 bridgehead atoms. The van der Waals surface area contributed by atoms with Gasteiger partial charge in [-0.3, -0.25) is 0 Å². The van der Waals surface area contributed by atoms with Crippen molar-refractivity contribution in [2.45, 2.75) is 58.6 Å². The Labute approximate surface area is 165 Å². The quantitative estimate of drug-likeness (QED) is 0.736. The SMILES string of the molecule is O=S(=O)(c1ccccc1)C1CC[C@H]([C@H]2CCC(S(=O)(=O)c3ccccc3)O2)O1. The molecule has 28 heavy (non-hydrogen) atoms. The van der Waals surface area contributed by atoms with Crippen LogP contribution in [0, 0.1) is 0 Å². The van der Waals surface area contributed by atoms with Crippen molar-refractivity contribution >= 4 is 19.7 Å². The molecule has 0 N–H and O–H groups in total. The van der Waals surface area contributed by atoms with E-state index in [1.807, 2.05) is 0 Å². The highest BCUT2D eigenvalue weighted by atomic mass is 32.2. The summed E-state index contributed by atoms with van der Waals surface area (Å²) in [6, 6.07) is 16.5. The highest BCUT2D eigenvalue weighted by Crippen LogP contribution is 2.37. The molecular weight excluding hydrogens is 400 g/mol. The predicted octanol–water partition coefficient (Wildman–Crippen LogP) is 2.94. The van der Waals surface area contributed by atoms with Crippen LogP contribution < -0.4 is 0 Å². The van der Waals surface area contributed by atoms with Crippen LogP contribution in [0.4, 0.5) is 0 Å². The van der Waals surface area contributed by atoms with E-state index < -0.39 is 42.8 Å². The summed E-state index contributed by atoms with van der Waals surface area (Å²) in [5, 5.41) is 0. The minimum absolute atomic E-state index is 0.234. The van der Waals surface area contributed by atoms with Crippen molar-refractivity contribution < 1.29 is 26.3 Å². The van der Waals surface area contributed by atoms with Gasteiger partial charge in [-0.2, -0.15) is 0 Å².